The quantitative estimate of drug-likeness (QED) is 0.0177. The van der Waals surface area contributed by atoms with Crippen LogP contribution < -0.4 is 16.0 Å². The lowest BCUT2D eigenvalue weighted by Crippen LogP contribution is -2.55. The van der Waals surface area contributed by atoms with Crippen LogP contribution in [0.4, 0.5) is 0 Å². The number of thioether (sulfide) groups is 2. The molecule has 1 aromatic rings. The molecular weight excluding hydrogens is 1130 g/mol. The Morgan fingerprint density at radius 1 is 0.735 bits per heavy atom. The molecule has 1 saturated heterocycles. The first-order valence-electron chi connectivity index (χ1n) is 31.2. The Labute approximate surface area is 505 Å². The largest absolute Gasteiger partial charge is 0.481 e. The van der Waals surface area contributed by atoms with Crippen LogP contribution in [0.3, 0.4) is 0 Å². The Morgan fingerprint density at radius 2 is 1.33 bits per heavy atom. The van der Waals surface area contributed by atoms with Gasteiger partial charge >= 0.3 is 19.8 Å². The summed E-state index contributed by atoms with van der Waals surface area (Å²) in [7, 11) is 1.06. The van der Waals surface area contributed by atoms with E-state index in [4.69, 9.17) is 33.1 Å². The third kappa shape index (κ3) is 30.6. The van der Waals surface area contributed by atoms with E-state index in [1.165, 1.54) is 69.3 Å². The zero-order valence-electron chi connectivity index (χ0n) is 51.6. The van der Waals surface area contributed by atoms with Crippen LogP contribution >= 0.6 is 31.3 Å². The molecule has 1 aliphatic heterocycles. The van der Waals surface area contributed by atoms with Crippen LogP contribution in [0.5, 0.6) is 0 Å². The van der Waals surface area contributed by atoms with E-state index in [1.54, 1.807) is 0 Å². The number of amides is 3. The number of nitrogens with zero attached hydrogens (tertiary/aromatic N) is 4. The first-order chi connectivity index (χ1) is 39.6. The zero-order valence-corrected chi connectivity index (χ0v) is 54.1. The number of hydrogen-bond acceptors (Lipinski definition) is 16. The highest BCUT2D eigenvalue weighted by molar-refractivity contribution is 8.21. The summed E-state index contributed by atoms with van der Waals surface area (Å²) in [5, 5.41) is 26.2. The average Bonchev–Trinajstić information content (AvgIpc) is 3.87. The monoisotopic (exact) mass is 1230 g/mol. The predicted octanol–water partition coefficient (Wildman–Crippen LogP) is 8.67. The van der Waals surface area contributed by atoms with Gasteiger partial charge in [0.05, 0.1) is 101 Å². The minimum absolute atomic E-state index is 0.0330. The van der Waals surface area contributed by atoms with Crippen molar-refractivity contribution in [2.24, 2.45) is 23.2 Å². The van der Waals surface area contributed by atoms with Gasteiger partial charge in [0, 0.05) is 30.9 Å². The van der Waals surface area contributed by atoms with E-state index in [1.807, 2.05) is 46.6 Å². The van der Waals surface area contributed by atoms with Gasteiger partial charge in [-0.15, -0.1) is 28.6 Å². The fourth-order valence-corrected chi connectivity index (χ4v) is 14.7. The molecule has 3 aliphatic rings. The summed E-state index contributed by atoms with van der Waals surface area (Å²) < 4.78 is 49.1. The van der Waals surface area contributed by atoms with Gasteiger partial charge in [-0.05, 0) is 96.3 Å². The van der Waals surface area contributed by atoms with E-state index < -0.39 is 55.6 Å². The van der Waals surface area contributed by atoms with Gasteiger partial charge in [0.15, 0.2) is 0 Å². The highest BCUT2D eigenvalue weighted by Crippen LogP contribution is 2.53. The van der Waals surface area contributed by atoms with Crippen LogP contribution in [0.1, 0.15) is 180 Å². The second kappa shape index (κ2) is 39.1. The molecule has 2 heterocycles. The van der Waals surface area contributed by atoms with Crippen molar-refractivity contribution in [2.45, 2.75) is 205 Å². The van der Waals surface area contributed by atoms with Gasteiger partial charge in [0.25, 0.3) is 0 Å². The highest BCUT2D eigenvalue weighted by atomic mass is 32.2. The highest BCUT2D eigenvalue weighted by Gasteiger charge is 2.50. The standard InChI is InChI=1S/C59H106N7O14PS2/c1-8-9-10-21-30-59(82-42-43-83-59)31-22-16-14-12-11-13-15-19-24-53(67)61-51(45-80-81(73,74)79-37-34-66(5,6)7)56(71)62-50(23-18-17-20-25-54(68)69)55(70)60-32-35-75-38-40-77-41-39-76-36-33-65-52-29-27-47-46(26-28-49(52)63-64-65)48(47)44-78-57(72)58(2,3)4/h46-48,50-51H,8-45H2,1-7H3,(H4-,60,61,62,67,68,69,70,71,73,74)/p+1. The summed E-state index contributed by atoms with van der Waals surface area (Å²) in [6, 6.07) is -2.50. The zero-order chi connectivity index (χ0) is 60.6. The maximum atomic E-state index is 13.9. The summed E-state index contributed by atoms with van der Waals surface area (Å²) in [6.07, 6.45) is 21.6. The van der Waals surface area contributed by atoms with E-state index in [9.17, 15) is 33.4 Å². The fourth-order valence-electron chi connectivity index (χ4n) is 10.6. The SMILES string of the molecule is CCCCCCC1(CCCCCCCCCCC(=O)NC(COP(=O)(O)OCC[N+](C)(C)C)C(=O)NC(CCCCCC(=O)O)C(=O)NCCOCCOCCOCCn2nnc3c2CCC2C(CC3)C2COC(=O)C(C)(C)C)SCCS1. The van der Waals surface area contributed by atoms with Gasteiger partial charge in [-0.2, -0.15) is 0 Å². The van der Waals surface area contributed by atoms with Crippen LogP contribution in [-0.4, -0.2) is 180 Å². The molecule has 24 heteroatoms. The number of carboxylic acids is 1. The Hall–Kier alpha value is -2.86. The number of aromatic nitrogens is 3. The van der Waals surface area contributed by atoms with Crippen molar-refractivity contribution in [3.8, 4) is 0 Å². The molecule has 0 bridgehead atoms. The van der Waals surface area contributed by atoms with E-state index in [0.29, 0.717) is 98.1 Å². The van der Waals surface area contributed by atoms with Gasteiger partial charge < -0.3 is 49.4 Å². The number of carbonyl (C=O) groups is 5. The number of hydrogen-bond donors (Lipinski definition) is 5. The molecule has 83 heavy (non-hydrogen) atoms. The lowest BCUT2D eigenvalue weighted by Gasteiger charge is -2.27. The molecule has 1 aromatic heterocycles. The van der Waals surface area contributed by atoms with E-state index in [2.05, 4.69) is 56.7 Å². The second-order valence-electron chi connectivity index (χ2n) is 24.8. The fraction of sp³-hybridized carbons (Fsp3) is 0.881. The lowest BCUT2D eigenvalue weighted by molar-refractivity contribution is -0.870. The van der Waals surface area contributed by atoms with Gasteiger partial charge in [-0.3, -0.25) is 33.0 Å². The molecule has 2 aliphatic carbocycles. The van der Waals surface area contributed by atoms with Crippen molar-refractivity contribution in [3.63, 3.8) is 0 Å². The third-order valence-corrected chi connectivity index (χ3v) is 20.3. The van der Waals surface area contributed by atoms with Crippen LogP contribution in [0.15, 0.2) is 0 Å². The van der Waals surface area contributed by atoms with E-state index >= 15 is 0 Å². The molecule has 21 nitrogen and oxygen atoms in total. The van der Waals surface area contributed by atoms with Gasteiger partial charge in [-0.25, -0.2) is 9.25 Å². The molecule has 0 radical (unpaired) electrons. The van der Waals surface area contributed by atoms with Crippen molar-refractivity contribution in [2.75, 3.05) is 105 Å². The Bertz CT molecular complexity index is 2110. The molecular formula is C59H107N7O14PS2+. The molecule has 1 saturated carbocycles. The summed E-state index contributed by atoms with van der Waals surface area (Å²) in [6.45, 7) is 10.6. The van der Waals surface area contributed by atoms with Crippen LogP contribution in [-0.2, 0) is 75.9 Å². The molecule has 478 valence electrons. The first-order valence-corrected chi connectivity index (χ1v) is 34.7. The molecule has 3 amide bonds. The molecule has 4 rings (SSSR count). The number of carboxylic acid groups (broad SMARTS) is 1. The number of unbranched alkanes of at least 4 members (excludes halogenated alkanes) is 12. The number of aliphatic carboxylic acids is 1. The number of ether oxygens (including phenoxy) is 4. The number of likely N-dealkylation sites (N-methyl/N-ethyl adjacent to an activating group) is 1. The number of phosphoric acid groups is 1. The van der Waals surface area contributed by atoms with Crippen molar-refractivity contribution < 1.29 is 71.0 Å². The lowest BCUT2D eigenvalue weighted by atomic mass is 9.97. The van der Waals surface area contributed by atoms with E-state index in [-0.39, 0.29) is 51.6 Å². The second-order valence-corrected chi connectivity index (χ2v) is 29.5. The maximum Gasteiger partial charge on any atom is 0.472 e. The number of aryl methyl sites for hydroxylation is 1. The molecule has 6 unspecified atom stereocenters. The van der Waals surface area contributed by atoms with Crippen molar-refractivity contribution in [3.05, 3.63) is 11.4 Å². The smallest absolute Gasteiger partial charge is 0.472 e. The van der Waals surface area contributed by atoms with Gasteiger partial charge in [-0.1, -0.05) is 95.6 Å². The topological polar surface area (TPSA) is 265 Å². The van der Waals surface area contributed by atoms with E-state index in [0.717, 1.165) is 62.8 Å². The Kier molecular flexibility index (Phi) is 34.2. The number of carbonyl (C=O) groups excluding carboxylic acids is 4. The number of esters is 1. The van der Waals surface area contributed by atoms with Gasteiger partial charge in [0.1, 0.15) is 25.2 Å². The normalized spacial score (nSPS) is 19.1. The number of nitrogens with one attached hydrogen (secondary N) is 3. The molecule has 0 spiro atoms. The minimum Gasteiger partial charge on any atom is -0.481 e. The summed E-state index contributed by atoms with van der Waals surface area (Å²) >= 11 is 4.36. The number of phosphoric ester groups is 1. The van der Waals surface area contributed by atoms with Crippen LogP contribution in [0, 0.1) is 23.2 Å². The average molecular weight is 1230 g/mol. The molecule has 6 atom stereocenters. The van der Waals surface area contributed by atoms with Crippen molar-refractivity contribution >= 4 is 61.0 Å². The number of rotatable bonds is 47. The summed E-state index contributed by atoms with van der Waals surface area (Å²) in [5.41, 5.74) is 1.69. The molecule has 2 fully saturated rings. The van der Waals surface area contributed by atoms with Crippen molar-refractivity contribution in [1.29, 1.82) is 0 Å². The Balaban J connectivity index is 1.15. The third-order valence-electron chi connectivity index (χ3n) is 15.6. The predicted molar refractivity (Wildman–Crippen MR) is 325 cm³/mol. The minimum atomic E-state index is -4.63. The Morgan fingerprint density at radius 3 is 1.96 bits per heavy atom. The number of quaternary nitrogens is 1. The molecule has 5 N–H and O–H groups in total. The first kappa shape index (κ1) is 72.6. The summed E-state index contributed by atoms with van der Waals surface area (Å²) in [5.74, 6) is 1.27. The van der Waals surface area contributed by atoms with Gasteiger partial charge in [0.2, 0.25) is 17.7 Å². The van der Waals surface area contributed by atoms with Crippen molar-refractivity contribution in [1.82, 2.24) is 30.9 Å². The maximum absolute atomic E-state index is 13.9. The van der Waals surface area contributed by atoms with Crippen LogP contribution in [0.25, 0.3) is 0 Å². The number of fused-ring (bicyclic) bond motifs is 2. The summed E-state index contributed by atoms with van der Waals surface area (Å²) in [4.78, 5) is 74.8. The van der Waals surface area contributed by atoms with Crippen LogP contribution in [0.2, 0.25) is 0 Å². The molecule has 0 aromatic carbocycles.